The van der Waals surface area contributed by atoms with Crippen molar-refractivity contribution in [2.24, 2.45) is 0 Å². The number of aryl methyl sites for hydroxylation is 1. The average Bonchev–Trinajstić information content (AvgIpc) is 2.67. The highest BCUT2D eigenvalue weighted by Gasteiger charge is 2.19. The lowest BCUT2D eigenvalue weighted by Gasteiger charge is -2.14. The van der Waals surface area contributed by atoms with E-state index in [0.717, 1.165) is 41.0 Å². The number of carbonyl (C=O) groups excluding carboxylic acids is 1. The van der Waals surface area contributed by atoms with Crippen LogP contribution in [0.3, 0.4) is 0 Å². The number of para-hydroxylation sites is 1. The topological polar surface area (TPSA) is 84.2 Å². The van der Waals surface area contributed by atoms with E-state index < -0.39 is 34.6 Å². The molecule has 2 N–H and O–H groups in total. The van der Waals surface area contributed by atoms with E-state index in [-0.39, 0.29) is 28.7 Å². The number of fused-ring (bicyclic) bond motifs is 1. The number of rotatable bonds is 4. The molecule has 0 unspecified atom stereocenters. The molecule has 3 rings (SSSR count). The standard InChI is InChI=1S/C19H14F3N3O3/c1-2-16-23-15-9-14(22)10(6-7-17(26)24-28)8-11(15)19(27)25(16)18-12(20)4-3-5-13(18)21/h3-9,28H,2H2,1H3,(H,24,26)/b7-6+. The van der Waals surface area contributed by atoms with E-state index in [1.54, 1.807) is 6.92 Å². The quantitative estimate of drug-likeness (QED) is 0.408. The smallest absolute Gasteiger partial charge is 0.267 e. The second-order valence-corrected chi connectivity index (χ2v) is 5.79. The highest BCUT2D eigenvalue weighted by molar-refractivity contribution is 5.91. The number of hydrogen-bond acceptors (Lipinski definition) is 4. The Kier molecular flexibility index (Phi) is 5.27. The zero-order valence-corrected chi connectivity index (χ0v) is 14.5. The Morgan fingerprint density at radius 2 is 1.89 bits per heavy atom. The summed E-state index contributed by atoms with van der Waals surface area (Å²) in [6.07, 6.45) is 2.06. The third-order valence-electron chi connectivity index (χ3n) is 4.06. The summed E-state index contributed by atoms with van der Waals surface area (Å²) in [5.74, 6) is -3.49. The van der Waals surface area contributed by atoms with Crippen molar-refractivity contribution in [2.75, 3.05) is 0 Å². The molecule has 0 aliphatic rings. The van der Waals surface area contributed by atoms with E-state index in [4.69, 9.17) is 5.21 Å². The van der Waals surface area contributed by atoms with Gasteiger partial charge in [-0.15, -0.1) is 0 Å². The first-order valence-electron chi connectivity index (χ1n) is 8.19. The number of hydroxylamine groups is 1. The van der Waals surface area contributed by atoms with Gasteiger partial charge < -0.3 is 0 Å². The maximum atomic E-state index is 14.3. The van der Waals surface area contributed by atoms with Crippen molar-refractivity contribution in [1.29, 1.82) is 0 Å². The van der Waals surface area contributed by atoms with Crippen LogP contribution in [0.15, 0.2) is 41.2 Å². The first-order chi connectivity index (χ1) is 13.4. The molecule has 2 aromatic carbocycles. The number of nitrogens with one attached hydrogen (secondary N) is 1. The third kappa shape index (κ3) is 3.39. The van der Waals surface area contributed by atoms with Gasteiger partial charge in [0.2, 0.25) is 0 Å². The lowest BCUT2D eigenvalue weighted by atomic mass is 10.1. The van der Waals surface area contributed by atoms with Crippen LogP contribution < -0.4 is 11.0 Å². The van der Waals surface area contributed by atoms with Crippen LogP contribution in [0, 0.1) is 17.5 Å². The minimum Gasteiger partial charge on any atom is -0.288 e. The van der Waals surface area contributed by atoms with Gasteiger partial charge in [0.25, 0.3) is 11.5 Å². The lowest BCUT2D eigenvalue weighted by molar-refractivity contribution is -0.124. The fraction of sp³-hybridized carbons (Fsp3) is 0.105. The number of amides is 1. The fourth-order valence-electron chi connectivity index (χ4n) is 2.77. The Bertz CT molecular complexity index is 1150. The van der Waals surface area contributed by atoms with Crippen molar-refractivity contribution >= 4 is 22.9 Å². The maximum absolute atomic E-state index is 14.3. The zero-order valence-electron chi connectivity index (χ0n) is 14.5. The van der Waals surface area contributed by atoms with Crippen molar-refractivity contribution in [3.05, 3.63) is 75.6 Å². The number of benzene rings is 2. The predicted molar refractivity (Wildman–Crippen MR) is 95.6 cm³/mol. The van der Waals surface area contributed by atoms with Crippen molar-refractivity contribution in [1.82, 2.24) is 15.0 Å². The molecule has 1 heterocycles. The molecule has 28 heavy (non-hydrogen) atoms. The number of hydrogen-bond donors (Lipinski definition) is 2. The summed E-state index contributed by atoms with van der Waals surface area (Å²) >= 11 is 0. The van der Waals surface area contributed by atoms with Crippen molar-refractivity contribution in [3.63, 3.8) is 0 Å². The number of aromatic nitrogens is 2. The van der Waals surface area contributed by atoms with E-state index in [1.807, 2.05) is 0 Å². The monoisotopic (exact) mass is 389 g/mol. The Balaban J connectivity index is 2.33. The summed E-state index contributed by atoms with van der Waals surface area (Å²) in [7, 11) is 0. The second kappa shape index (κ2) is 7.65. The zero-order chi connectivity index (χ0) is 20.4. The minimum atomic E-state index is -0.945. The van der Waals surface area contributed by atoms with E-state index in [9.17, 15) is 22.8 Å². The Morgan fingerprint density at radius 3 is 2.50 bits per heavy atom. The fourth-order valence-corrected chi connectivity index (χ4v) is 2.77. The summed E-state index contributed by atoms with van der Waals surface area (Å²) < 4.78 is 43.6. The van der Waals surface area contributed by atoms with E-state index in [2.05, 4.69) is 4.98 Å². The Hall–Kier alpha value is -3.46. The van der Waals surface area contributed by atoms with Crippen LogP contribution in [-0.4, -0.2) is 20.7 Å². The summed E-state index contributed by atoms with van der Waals surface area (Å²) in [5, 5.41) is 8.40. The van der Waals surface area contributed by atoms with Crippen molar-refractivity contribution in [3.8, 4) is 5.69 Å². The van der Waals surface area contributed by atoms with Gasteiger partial charge in [0, 0.05) is 24.1 Å². The number of nitrogens with zero attached hydrogens (tertiary/aromatic N) is 2. The SMILES string of the molecule is CCc1nc2cc(F)c(/C=C/C(=O)NO)cc2c(=O)n1-c1c(F)cccc1F. The predicted octanol–water partition coefficient (Wildman–Crippen LogP) is 2.88. The first kappa shape index (κ1) is 19.3. The van der Waals surface area contributed by atoms with E-state index >= 15 is 0 Å². The van der Waals surface area contributed by atoms with Gasteiger partial charge in [-0.05, 0) is 24.3 Å². The Morgan fingerprint density at radius 1 is 1.21 bits per heavy atom. The van der Waals surface area contributed by atoms with Gasteiger partial charge in [0.05, 0.1) is 10.9 Å². The second-order valence-electron chi connectivity index (χ2n) is 5.79. The highest BCUT2D eigenvalue weighted by atomic mass is 19.1. The van der Waals surface area contributed by atoms with Gasteiger partial charge >= 0.3 is 0 Å². The summed E-state index contributed by atoms with van der Waals surface area (Å²) in [4.78, 5) is 28.3. The molecule has 0 saturated heterocycles. The summed E-state index contributed by atoms with van der Waals surface area (Å²) in [6.45, 7) is 1.64. The molecule has 0 aliphatic heterocycles. The van der Waals surface area contributed by atoms with Crippen LogP contribution in [0.25, 0.3) is 22.7 Å². The third-order valence-corrected chi connectivity index (χ3v) is 4.06. The molecule has 144 valence electrons. The Labute approximate surface area is 156 Å². The molecule has 9 heteroatoms. The molecular formula is C19H14F3N3O3. The van der Waals surface area contributed by atoms with Crippen LogP contribution in [0.1, 0.15) is 18.3 Å². The molecule has 0 bridgehead atoms. The lowest BCUT2D eigenvalue weighted by Crippen LogP contribution is -2.25. The normalized spacial score (nSPS) is 11.3. The van der Waals surface area contributed by atoms with E-state index in [1.165, 1.54) is 11.5 Å². The summed E-state index contributed by atoms with van der Waals surface area (Å²) in [6, 6.07) is 5.32. The number of carbonyl (C=O) groups is 1. The van der Waals surface area contributed by atoms with Gasteiger partial charge in [-0.25, -0.2) is 23.6 Å². The molecule has 0 aliphatic carbocycles. The largest absolute Gasteiger partial charge is 0.288 e. The highest BCUT2D eigenvalue weighted by Crippen LogP contribution is 2.21. The first-order valence-corrected chi connectivity index (χ1v) is 8.19. The van der Waals surface area contributed by atoms with Crippen LogP contribution >= 0.6 is 0 Å². The molecule has 6 nitrogen and oxygen atoms in total. The molecule has 0 spiro atoms. The van der Waals surface area contributed by atoms with Crippen LogP contribution in [0.5, 0.6) is 0 Å². The molecule has 0 fully saturated rings. The van der Waals surface area contributed by atoms with Gasteiger partial charge in [0.1, 0.15) is 29.0 Å². The average molecular weight is 389 g/mol. The molecule has 0 atom stereocenters. The van der Waals surface area contributed by atoms with Gasteiger partial charge in [0.15, 0.2) is 0 Å². The van der Waals surface area contributed by atoms with Crippen LogP contribution in [0.2, 0.25) is 0 Å². The van der Waals surface area contributed by atoms with Gasteiger partial charge in [-0.3, -0.25) is 19.4 Å². The molecule has 1 amide bonds. The van der Waals surface area contributed by atoms with Gasteiger partial charge in [-0.2, -0.15) is 0 Å². The number of halogens is 3. The molecule has 0 saturated carbocycles. The minimum absolute atomic E-state index is 0.0103. The van der Waals surface area contributed by atoms with Crippen LogP contribution in [0.4, 0.5) is 13.2 Å². The maximum Gasteiger partial charge on any atom is 0.267 e. The summed E-state index contributed by atoms with van der Waals surface area (Å²) in [5.41, 5.74) is -0.132. The molecule has 0 radical (unpaired) electrons. The van der Waals surface area contributed by atoms with Crippen molar-refractivity contribution < 1.29 is 23.2 Å². The van der Waals surface area contributed by atoms with Crippen molar-refractivity contribution in [2.45, 2.75) is 13.3 Å². The van der Waals surface area contributed by atoms with Gasteiger partial charge in [-0.1, -0.05) is 13.0 Å². The van der Waals surface area contributed by atoms with E-state index in [0.29, 0.717) is 0 Å². The molecule has 3 aromatic rings. The molecular weight excluding hydrogens is 375 g/mol. The van der Waals surface area contributed by atoms with Crippen LogP contribution in [-0.2, 0) is 11.2 Å². The molecule has 1 aromatic heterocycles.